The third kappa shape index (κ3) is 2.91. The molecule has 2 N–H and O–H groups in total. The third-order valence-corrected chi connectivity index (χ3v) is 9.07. The Hall–Kier alpha value is -2.20. The summed E-state index contributed by atoms with van der Waals surface area (Å²) in [6, 6.07) is 8.61. The number of anilines is 1. The lowest BCUT2D eigenvalue weighted by atomic mass is 9.51. The highest BCUT2D eigenvalue weighted by molar-refractivity contribution is 5.93. The Kier molecular flexibility index (Phi) is 4.78. The lowest BCUT2D eigenvalue weighted by Crippen LogP contribution is -2.55. The molecule has 164 valence electrons. The van der Waals surface area contributed by atoms with E-state index in [1.54, 1.807) is 6.92 Å². The van der Waals surface area contributed by atoms with Gasteiger partial charge < -0.3 is 10.4 Å². The molecule has 5 atom stereocenters. The maximum Gasteiger partial charge on any atom is 0.161 e. The van der Waals surface area contributed by atoms with Gasteiger partial charge in [0.1, 0.15) is 5.60 Å². The van der Waals surface area contributed by atoms with E-state index < -0.39 is 11.0 Å². The van der Waals surface area contributed by atoms with Gasteiger partial charge in [0.15, 0.2) is 11.6 Å². The number of rotatable bonds is 3. The van der Waals surface area contributed by atoms with Gasteiger partial charge in [0.25, 0.3) is 0 Å². The molecule has 0 spiro atoms. The van der Waals surface area contributed by atoms with Gasteiger partial charge in [-0.15, -0.1) is 0 Å². The minimum atomic E-state index is -1.24. The second kappa shape index (κ2) is 7.16. The van der Waals surface area contributed by atoms with Crippen molar-refractivity contribution >= 4 is 17.3 Å². The Morgan fingerprint density at radius 2 is 1.87 bits per heavy atom. The molecule has 4 nitrogen and oxygen atoms in total. The summed E-state index contributed by atoms with van der Waals surface area (Å²) in [5.74, 6) is 1.03. The quantitative estimate of drug-likeness (QED) is 0.728. The highest BCUT2D eigenvalue weighted by atomic mass is 16.3. The first-order valence-electron chi connectivity index (χ1n) is 11.8. The number of aliphatic hydroxyl groups is 1. The van der Waals surface area contributed by atoms with E-state index in [1.165, 1.54) is 22.3 Å². The van der Waals surface area contributed by atoms with E-state index in [1.807, 2.05) is 13.1 Å². The Balaban J connectivity index is 1.68. The molecule has 0 aromatic heterocycles. The minimum absolute atomic E-state index is 0.0856. The monoisotopic (exact) mass is 419 g/mol. The maximum absolute atomic E-state index is 12.7. The number of hydrogen-bond donors (Lipinski definition) is 2. The van der Waals surface area contributed by atoms with E-state index in [2.05, 4.69) is 36.5 Å². The van der Waals surface area contributed by atoms with Crippen molar-refractivity contribution in [2.75, 3.05) is 12.4 Å². The summed E-state index contributed by atoms with van der Waals surface area (Å²) in [4.78, 5) is 24.8. The number of fused-ring (bicyclic) bond motifs is 4. The van der Waals surface area contributed by atoms with E-state index in [-0.39, 0.29) is 17.5 Å². The van der Waals surface area contributed by atoms with Gasteiger partial charge in [-0.05, 0) is 92.2 Å². The summed E-state index contributed by atoms with van der Waals surface area (Å²) in [5.41, 5.74) is 4.80. The van der Waals surface area contributed by atoms with Crippen molar-refractivity contribution in [3.05, 3.63) is 52.6 Å². The van der Waals surface area contributed by atoms with Crippen LogP contribution in [-0.2, 0) is 9.59 Å². The van der Waals surface area contributed by atoms with Crippen molar-refractivity contribution < 1.29 is 14.7 Å². The Morgan fingerprint density at radius 1 is 1.13 bits per heavy atom. The number of hydrogen-bond acceptors (Lipinski definition) is 4. The van der Waals surface area contributed by atoms with Gasteiger partial charge in [0.05, 0.1) is 0 Å². The van der Waals surface area contributed by atoms with E-state index in [0.29, 0.717) is 24.7 Å². The molecule has 1 aromatic rings. The summed E-state index contributed by atoms with van der Waals surface area (Å²) < 4.78 is 0. The number of carbonyl (C=O) groups excluding carboxylic acids is 2. The summed E-state index contributed by atoms with van der Waals surface area (Å²) in [6.07, 6.45) is 7.51. The zero-order chi connectivity index (χ0) is 22.0. The number of allylic oxidation sites excluding steroid dienone is 4. The Morgan fingerprint density at radius 3 is 2.55 bits per heavy atom. The third-order valence-electron chi connectivity index (χ3n) is 9.07. The van der Waals surface area contributed by atoms with Gasteiger partial charge in [-0.3, -0.25) is 9.59 Å². The molecule has 4 aliphatic rings. The number of carbonyl (C=O) groups is 2. The van der Waals surface area contributed by atoms with Crippen LogP contribution in [0.1, 0.15) is 70.3 Å². The predicted molar refractivity (Wildman–Crippen MR) is 122 cm³/mol. The van der Waals surface area contributed by atoms with Crippen LogP contribution in [0.25, 0.3) is 0 Å². The van der Waals surface area contributed by atoms with Crippen LogP contribution in [-0.4, -0.2) is 29.3 Å². The summed E-state index contributed by atoms with van der Waals surface area (Å²) in [7, 11) is 1.92. The highest BCUT2D eigenvalue weighted by Crippen LogP contribution is 2.66. The SMILES string of the molecule is CNc1ccc([C@H]2C[C@]3(C)[C@H](CCC3(O)C(C)=O)[C@H]3CCC4=CC(=O)CCC4=C23)cc1. The molecule has 2 saturated carbocycles. The fraction of sp³-hybridized carbons (Fsp3) is 0.556. The molecular weight excluding hydrogens is 386 g/mol. The van der Waals surface area contributed by atoms with E-state index >= 15 is 0 Å². The van der Waals surface area contributed by atoms with Crippen LogP contribution in [0.4, 0.5) is 5.69 Å². The molecule has 0 heterocycles. The van der Waals surface area contributed by atoms with Crippen molar-refractivity contribution in [1.29, 1.82) is 0 Å². The molecule has 31 heavy (non-hydrogen) atoms. The second-order valence-corrected chi connectivity index (χ2v) is 10.3. The number of benzene rings is 1. The van der Waals surface area contributed by atoms with Crippen LogP contribution in [0.15, 0.2) is 47.1 Å². The first kappa shape index (κ1) is 20.7. The molecule has 2 fully saturated rings. The van der Waals surface area contributed by atoms with Crippen LogP contribution >= 0.6 is 0 Å². The van der Waals surface area contributed by atoms with Crippen molar-refractivity contribution in [2.24, 2.45) is 17.3 Å². The Bertz CT molecular complexity index is 1000. The first-order chi connectivity index (χ1) is 14.8. The standard InChI is InChI=1S/C27H33NO3/c1-16(29)27(31)13-12-24-22-10-6-18-14-20(30)9-11-21(18)25(22)23(15-26(24,27)2)17-4-7-19(28-3)8-5-17/h4-5,7-8,14,22-24,28,31H,6,9-13,15H2,1-3H3/t22-,23-,24-,26-,27?/m1/s1. The van der Waals surface area contributed by atoms with Crippen LogP contribution in [0.5, 0.6) is 0 Å². The van der Waals surface area contributed by atoms with Gasteiger partial charge in [0, 0.05) is 30.5 Å². The highest BCUT2D eigenvalue weighted by Gasteiger charge is 2.64. The summed E-state index contributed by atoms with van der Waals surface area (Å²) in [6.45, 7) is 3.73. The minimum Gasteiger partial charge on any atom is -0.388 e. The molecule has 1 aromatic carbocycles. The van der Waals surface area contributed by atoms with Gasteiger partial charge in [0.2, 0.25) is 0 Å². The lowest BCUT2D eigenvalue weighted by Gasteiger charge is -2.54. The van der Waals surface area contributed by atoms with Crippen molar-refractivity contribution in [3.8, 4) is 0 Å². The zero-order valence-electron chi connectivity index (χ0n) is 18.8. The molecule has 5 rings (SSSR count). The average Bonchev–Trinajstić information content (AvgIpc) is 3.04. The molecular formula is C27H33NO3. The van der Waals surface area contributed by atoms with Gasteiger partial charge in [-0.2, -0.15) is 0 Å². The van der Waals surface area contributed by atoms with Gasteiger partial charge in [-0.1, -0.05) is 24.6 Å². The lowest BCUT2D eigenvalue weighted by molar-refractivity contribution is -0.152. The average molecular weight is 420 g/mol. The number of nitrogens with one attached hydrogen (secondary N) is 1. The van der Waals surface area contributed by atoms with E-state index in [4.69, 9.17) is 0 Å². The molecule has 0 radical (unpaired) electrons. The molecule has 0 amide bonds. The molecule has 0 saturated heterocycles. The van der Waals surface area contributed by atoms with Crippen LogP contribution in [0.2, 0.25) is 0 Å². The maximum atomic E-state index is 12.7. The zero-order valence-corrected chi connectivity index (χ0v) is 18.8. The first-order valence-corrected chi connectivity index (χ1v) is 11.8. The summed E-state index contributed by atoms with van der Waals surface area (Å²) >= 11 is 0. The molecule has 4 aliphatic carbocycles. The van der Waals surface area contributed by atoms with Gasteiger partial charge in [-0.25, -0.2) is 0 Å². The molecule has 0 bridgehead atoms. The van der Waals surface area contributed by atoms with Gasteiger partial charge >= 0.3 is 0 Å². The summed E-state index contributed by atoms with van der Waals surface area (Å²) in [5, 5.41) is 14.8. The van der Waals surface area contributed by atoms with Crippen LogP contribution < -0.4 is 5.32 Å². The van der Waals surface area contributed by atoms with E-state index in [9.17, 15) is 14.7 Å². The normalized spacial score (nSPS) is 37.0. The van der Waals surface area contributed by atoms with Crippen LogP contribution in [0, 0.1) is 17.3 Å². The van der Waals surface area contributed by atoms with E-state index in [0.717, 1.165) is 37.8 Å². The molecule has 0 aliphatic heterocycles. The molecule has 4 heteroatoms. The molecule has 1 unspecified atom stereocenters. The largest absolute Gasteiger partial charge is 0.388 e. The fourth-order valence-corrected chi connectivity index (χ4v) is 7.42. The Labute approximate surface area is 184 Å². The van der Waals surface area contributed by atoms with Crippen molar-refractivity contribution in [2.45, 2.75) is 70.3 Å². The number of Topliss-reactive ketones (excluding diaryl/α,β-unsaturated/α-hetero) is 1. The fourth-order valence-electron chi connectivity index (χ4n) is 7.42. The van der Waals surface area contributed by atoms with Crippen LogP contribution in [0.3, 0.4) is 0 Å². The topological polar surface area (TPSA) is 66.4 Å². The predicted octanol–water partition coefficient (Wildman–Crippen LogP) is 4.95. The van der Waals surface area contributed by atoms with Crippen molar-refractivity contribution in [1.82, 2.24) is 0 Å². The smallest absolute Gasteiger partial charge is 0.161 e. The second-order valence-electron chi connectivity index (χ2n) is 10.3. The number of ketones is 2. The van der Waals surface area contributed by atoms with Crippen molar-refractivity contribution in [3.63, 3.8) is 0 Å².